The van der Waals surface area contributed by atoms with Gasteiger partial charge in [-0.2, -0.15) is 0 Å². The standard InChI is InChI=1S/C17H28N2O2/c1-14(2)19-8-9-21-17(12-19)11-18-10-15-6-4-5-7-16(15)13-20-3/h4-7,14,17-18H,8-13H2,1-3H3. The highest BCUT2D eigenvalue weighted by molar-refractivity contribution is 5.26. The van der Waals surface area contributed by atoms with E-state index >= 15 is 0 Å². The van der Waals surface area contributed by atoms with Crippen molar-refractivity contribution < 1.29 is 9.47 Å². The summed E-state index contributed by atoms with van der Waals surface area (Å²) in [4.78, 5) is 2.48. The molecule has 1 aromatic carbocycles. The Kier molecular flexibility index (Phi) is 6.64. The van der Waals surface area contributed by atoms with Crippen LogP contribution in [0.5, 0.6) is 0 Å². The lowest BCUT2D eigenvalue weighted by Gasteiger charge is -2.35. The minimum atomic E-state index is 0.288. The lowest BCUT2D eigenvalue weighted by Crippen LogP contribution is -2.49. The maximum atomic E-state index is 5.85. The molecule has 1 heterocycles. The van der Waals surface area contributed by atoms with Crippen LogP contribution in [0.4, 0.5) is 0 Å². The van der Waals surface area contributed by atoms with E-state index in [9.17, 15) is 0 Å². The zero-order valence-electron chi connectivity index (χ0n) is 13.5. The quantitative estimate of drug-likeness (QED) is 0.834. The Morgan fingerprint density at radius 1 is 1.33 bits per heavy atom. The number of hydrogen-bond acceptors (Lipinski definition) is 4. The van der Waals surface area contributed by atoms with Gasteiger partial charge in [-0.1, -0.05) is 24.3 Å². The van der Waals surface area contributed by atoms with Crippen molar-refractivity contribution in [3.63, 3.8) is 0 Å². The summed E-state index contributed by atoms with van der Waals surface area (Å²) in [6.45, 7) is 9.82. The largest absolute Gasteiger partial charge is 0.380 e. The summed E-state index contributed by atoms with van der Waals surface area (Å²) in [5, 5.41) is 3.52. The van der Waals surface area contributed by atoms with E-state index in [1.54, 1.807) is 7.11 Å². The molecule has 21 heavy (non-hydrogen) atoms. The molecule has 0 bridgehead atoms. The first kappa shape index (κ1) is 16.4. The molecular formula is C17H28N2O2. The highest BCUT2D eigenvalue weighted by Crippen LogP contribution is 2.11. The minimum Gasteiger partial charge on any atom is -0.380 e. The Morgan fingerprint density at radius 2 is 2.10 bits per heavy atom. The van der Waals surface area contributed by atoms with Gasteiger partial charge in [-0.3, -0.25) is 4.90 Å². The van der Waals surface area contributed by atoms with Gasteiger partial charge in [0.25, 0.3) is 0 Å². The Balaban J connectivity index is 1.79. The molecule has 1 N–H and O–H groups in total. The van der Waals surface area contributed by atoms with E-state index in [0.717, 1.165) is 32.8 Å². The van der Waals surface area contributed by atoms with Gasteiger partial charge >= 0.3 is 0 Å². The van der Waals surface area contributed by atoms with Gasteiger partial charge in [-0.15, -0.1) is 0 Å². The Labute approximate surface area is 128 Å². The summed E-state index contributed by atoms with van der Waals surface area (Å²) < 4.78 is 11.1. The van der Waals surface area contributed by atoms with Gasteiger partial charge in [0.2, 0.25) is 0 Å². The summed E-state index contributed by atoms with van der Waals surface area (Å²) in [6.07, 6.45) is 0.288. The molecule has 118 valence electrons. The number of methoxy groups -OCH3 is 1. The van der Waals surface area contributed by atoms with Crippen molar-refractivity contribution in [2.45, 2.75) is 39.1 Å². The second-order valence-electron chi connectivity index (χ2n) is 5.91. The Hall–Kier alpha value is -0.940. The summed E-state index contributed by atoms with van der Waals surface area (Å²) in [6, 6.07) is 9.01. The van der Waals surface area contributed by atoms with Gasteiger partial charge in [-0.05, 0) is 25.0 Å². The van der Waals surface area contributed by atoms with Crippen LogP contribution in [0.1, 0.15) is 25.0 Å². The second kappa shape index (κ2) is 8.49. The fourth-order valence-corrected chi connectivity index (χ4v) is 2.73. The Bertz CT molecular complexity index is 423. The molecule has 0 spiro atoms. The molecule has 1 aliphatic rings. The van der Waals surface area contributed by atoms with E-state index in [-0.39, 0.29) is 6.10 Å². The molecule has 0 aromatic heterocycles. The molecule has 0 radical (unpaired) electrons. The number of nitrogens with one attached hydrogen (secondary N) is 1. The fraction of sp³-hybridized carbons (Fsp3) is 0.647. The van der Waals surface area contributed by atoms with Crippen molar-refractivity contribution in [3.8, 4) is 0 Å². The molecule has 1 atom stereocenters. The minimum absolute atomic E-state index is 0.288. The SMILES string of the molecule is COCc1ccccc1CNCC1CN(C(C)C)CCO1. The Morgan fingerprint density at radius 3 is 2.81 bits per heavy atom. The fourth-order valence-electron chi connectivity index (χ4n) is 2.73. The van der Waals surface area contributed by atoms with Gasteiger partial charge in [0.1, 0.15) is 0 Å². The molecule has 1 aromatic rings. The van der Waals surface area contributed by atoms with Crippen LogP contribution >= 0.6 is 0 Å². The van der Waals surface area contributed by atoms with Gasteiger partial charge in [0, 0.05) is 39.3 Å². The predicted octanol–water partition coefficient (Wildman–Crippen LogP) is 2.03. The molecule has 1 saturated heterocycles. The molecule has 4 heteroatoms. The van der Waals surface area contributed by atoms with Crippen LogP contribution in [0, 0.1) is 0 Å². The first-order valence-electron chi connectivity index (χ1n) is 7.82. The smallest absolute Gasteiger partial charge is 0.0826 e. The van der Waals surface area contributed by atoms with Crippen molar-refractivity contribution in [2.24, 2.45) is 0 Å². The first-order valence-corrected chi connectivity index (χ1v) is 7.82. The van der Waals surface area contributed by atoms with E-state index in [2.05, 4.69) is 48.3 Å². The molecule has 4 nitrogen and oxygen atoms in total. The number of rotatable bonds is 7. The third-order valence-corrected chi connectivity index (χ3v) is 4.01. The lowest BCUT2D eigenvalue weighted by atomic mass is 10.1. The predicted molar refractivity (Wildman–Crippen MR) is 85.3 cm³/mol. The molecule has 2 rings (SSSR count). The van der Waals surface area contributed by atoms with E-state index < -0.39 is 0 Å². The van der Waals surface area contributed by atoms with Gasteiger partial charge < -0.3 is 14.8 Å². The van der Waals surface area contributed by atoms with Crippen LogP contribution in [0.25, 0.3) is 0 Å². The average molecular weight is 292 g/mol. The van der Waals surface area contributed by atoms with E-state index in [1.165, 1.54) is 11.1 Å². The number of ether oxygens (including phenoxy) is 2. The molecule has 1 fully saturated rings. The summed E-state index contributed by atoms with van der Waals surface area (Å²) >= 11 is 0. The number of morpholine rings is 1. The highest BCUT2D eigenvalue weighted by atomic mass is 16.5. The van der Waals surface area contributed by atoms with Crippen molar-refractivity contribution >= 4 is 0 Å². The van der Waals surface area contributed by atoms with Crippen LogP contribution < -0.4 is 5.32 Å². The van der Waals surface area contributed by atoms with Crippen molar-refractivity contribution in [3.05, 3.63) is 35.4 Å². The van der Waals surface area contributed by atoms with Gasteiger partial charge in [-0.25, -0.2) is 0 Å². The zero-order valence-corrected chi connectivity index (χ0v) is 13.5. The molecule has 1 unspecified atom stereocenters. The molecule has 0 amide bonds. The average Bonchev–Trinajstić information content (AvgIpc) is 2.49. The second-order valence-corrected chi connectivity index (χ2v) is 5.91. The van der Waals surface area contributed by atoms with E-state index in [4.69, 9.17) is 9.47 Å². The normalized spacial score (nSPS) is 20.1. The maximum absolute atomic E-state index is 5.85. The third-order valence-electron chi connectivity index (χ3n) is 4.01. The van der Waals surface area contributed by atoms with Crippen LogP contribution in [0.15, 0.2) is 24.3 Å². The topological polar surface area (TPSA) is 33.7 Å². The maximum Gasteiger partial charge on any atom is 0.0826 e. The number of benzene rings is 1. The van der Waals surface area contributed by atoms with Crippen LogP contribution in [0.2, 0.25) is 0 Å². The molecule has 0 aliphatic carbocycles. The highest BCUT2D eigenvalue weighted by Gasteiger charge is 2.21. The van der Waals surface area contributed by atoms with Gasteiger partial charge in [0.05, 0.1) is 19.3 Å². The molecule has 1 aliphatic heterocycles. The first-order chi connectivity index (χ1) is 10.2. The van der Waals surface area contributed by atoms with E-state index in [1.807, 2.05) is 0 Å². The van der Waals surface area contributed by atoms with Crippen LogP contribution in [-0.2, 0) is 22.6 Å². The van der Waals surface area contributed by atoms with Crippen LogP contribution in [-0.4, -0.2) is 50.4 Å². The lowest BCUT2D eigenvalue weighted by molar-refractivity contribution is -0.0372. The third kappa shape index (κ3) is 5.08. The number of nitrogens with zero attached hydrogens (tertiary/aromatic N) is 1. The summed E-state index contributed by atoms with van der Waals surface area (Å²) in [5.41, 5.74) is 2.55. The van der Waals surface area contributed by atoms with E-state index in [0.29, 0.717) is 12.6 Å². The van der Waals surface area contributed by atoms with Crippen molar-refractivity contribution in [1.82, 2.24) is 10.2 Å². The number of hydrogen-bond donors (Lipinski definition) is 1. The summed E-state index contributed by atoms with van der Waals surface area (Å²) in [7, 11) is 1.74. The zero-order chi connectivity index (χ0) is 15.1. The van der Waals surface area contributed by atoms with Gasteiger partial charge in [0.15, 0.2) is 0 Å². The summed E-state index contributed by atoms with van der Waals surface area (Å²) in [5.74, 6) is 0. The van der Waals surface area contributed by atoms with Crippen LogP contribution in [0.3, 0.4) is 0 Å². The monoisotopic (exact) mass is 292 g/mol. The molecule has 0 saturated carbocycles. The molecular weight excluding hydrogens is 264 g/mol. The van der Waals surface area contributed by atoms with Crippen molar-refractivity contribution in [1.29, 1.82) is 0 Å². The van der Waals surface area contributed by atoms with Crippen molar-refractivity contribution in [2.75, 3.05) is 33.4 Å².